The van der Waals surface area contributed by atoms with Crippen molar-refractivity contribution < 1.29 is 0 Å². The van der Waals surface area contributed by atoms with Gasteiger partial charge in [-0.3, -0.25) is 0 Å². The van der Waals surface area contributed by atoms with Crippen LogP contribution in [0.5, 0.6) is 0 Å². The lowest BCUT2D eigenvalue weighted by Crippen LogP contribution is -2.01. The van der Waals surface area contributed by atoms with E-state index in [4.69, 9.17) is 15.0 Å². The minimum atomic E-state index is 0.641. The summed E-state index contributed by atoms with van der Waals surface area (Å²) in [6.45, 7) is 0. The molecule has 0 aliphatic rings. The largest absolute Gasteiger partial charge is 0.208 e. The molecule has 1 aromatic heterocycles. The molecule has 0 amide bonds. The lowest BCUT2D eigenvalue weighted by atomic mass is 9.92. The molecule has 3 heteroatoms. The van der Waals surface area contributed by atoms with Crippen molar-refractivity contribution in [3.05, 3.63) is 212 Å². The van der Waals surface area contributed by atoms with Crippen molar-refractivity contribution in [2.24, 2.45) is 0 Å². The Balaban J connectivity index is 1.05. The monoisotopic (exact) mass is 713 g/mol. The van der Waals surface area contributed by atoms with Crippen LogP contribution in [-0.4, -0.2) is 15.0 Å². The van der Waals surface area contributed by atoms with Crippen molar-refractivity contribution in [3.8, 4) is 78.7 Å². The van der Waals surface area contributed by atoms with Crippen molar-refractivity contribution in [2.75, 3.05) is 0 Å². The van der Waals surface area contributed by atoms with Gasteiger partial charge in [-0.2, -0.15) is 0 Å². The van der Waals surface area contributed by atoms with Gasteiger partial charge in [-0.25, -0.2) is 15.0 Å². The fourth-order valence-electron chi connectivity index (χ4n) is 7.71. The molecule has 0 saturated carbocycles. The van der Waals surface area contributed by atoms with Crippen LogP contribution in [0.15, 0.2) is 212 Å². The topological polar surface area (TPSA) is 38.7 Å². The first-order valence-corrected chi connectivity index (χ1v) is 18.9. The van der Waals surface area contributed by atoms with Crippen LogP contribution < -0.4 is 0 Å². The molecule has 10 aromatic rings. The lowest BCUT2D eigenvalue weighted by molar-refractivity contribution is 1.08. The number of hydrogen-bond acceptors (Lipinski definition) is 3. The number of nitrogens with zero attached hydrogens (tertiary/aromatic N) is 3. The molecule has 0 aliphatic heterocycles. The van der Waals surface area contributed by atoms with E-state index in [9.17, 15) is 0 Å². The Morgan fingerprint density at radius 2 is 0.625 bits per heavy atom. The van der Waals surface area contributed by atoms with Gasteiger partial charge in [0.1, 0.15) is 0 Å². The first-order valence-electron chi connectivity index (χ1n) is 18.9. The van der Waals surface area contributed by atoms with E-state index in [0.29, 0.717) is 17.5 Å². The molecular weight excluding hydrogens is 679 g/mol. The SMILES string of the molecule is c1ccc(-c2ccc(-c3ccc4cc(-c5ccc(-c6nc(-c7ccccc7)nc(-c7ccccc7-c7ccccc7)n6)c6ccccc56)ccc4c3)cc2)cc1. The highest BCUT2D eigenvalue weighted by molar-refractivity contribution is 6.05. The van der Waals surface area contributed by atoms with Crippen LogP contribution in [0.3, 0.4) is 0 Å². The molecule has 3 nitrogen and oxygen atoms in total. The molecule has 9 aromatic carbocycles. The van der Waals surface area contributed by atoms with E-state index in [-0.39, 0.29) is 0 Å². The summed E-state index contributed by atoms with van der Waals surface area (Å²) < 4.78 is 0. The van der Waals surface area contributed by atoms with Crippen LogP contribution in [-0.2, 0) is 0 Å². The van der Waals surface area contributed by atoms with Gasteiger partial charge in [0, 0.05) is 16.7 Å². The molecule has 0 atom stereocenters. The van der Waals surface area contributed by atoms with E-state index in [1.165, 1.54) is 44.2 Å². The van der Waals surface area contributed by atoms with Gasteiger partial charge in [0.2, 0.25) is 0 Å². The average Bonchev–Trinajstić information content (AvgIpc) is 3.29. The second kappa shape index (κ2) is 14.4. The minimum absolute atomic E-state index is 0.641. The van der Waals surface area contributed by atoms with Crippen LogP contribution >= 0.6 is 0 Å². The van der Waals surface area contributed by atoms with Crippen molar-refractivity contribution in [1.82, 2.24) is 15.0 Å². The summed E-state index contributed by atoms with van der Waals surface area (Å²) in [6.07, 6.45) is 0. The van der Waals surface area contributed by atoms with Crippen molar-refractivity contribution >= 4 is 21.5 Å². The van der Waals surface area contributed by atoms with Gasteiger partial charge in [0.25, 0.3) is 0 Å². The summed E-state index contributed by atoms with van der Waals surface area (Å²) in [6, 6.07) is 74.8. The third-order valence-corrected chi connectivity index (χ3v) is 10.6. The van der Waals surface area contributed by atoms with Crippen LogP contribution in [0, 0.1) is 0 Å². The zero-order valence-corrected chi connectivity index (χ0v) is 30.5. The Kier molecular flexibility index (Phi) is 8.51. The van der Waals surface area contributed by atoms with Gasteiger partial charge >= 0.3 is 0 Å². The molecule has 10 rings (SSSR count). The quantitative estimate of drug-likeness (QED) is 0.165. The molecular formula is C53H35N3. The third-order valence-electron chi connectivity index (χ3n) is 10.6. The first-order chi connectivity index (χ1) is 27.7. The van der Waals surface area contributed by atoms with E-state index in [2.05, 4.69) is 182 Å². The zero-order valence-electron chi connectivity index (χ0n) is 30.5. The fraction of sp³-hybridized carbons (Fsp3) is 0. The predicted molar refractivity (Wildman–Crippen MR) is 233 cm³/mol. The van der Waals surface area contributed by atoms with Gasteiger partial charge in [0.05, 0.1) is 0 Å². The Morgan fingerprint density at radius 1 is 0.214 bits per heavy atom. The normalized spacial score (nSPS) is 11.2. The van der Waals surface area contributed by atoms with Crippen molar-refractivity contribution in [3.63, 3.8) is 0 Å². The second-order valence-electron chi connectivity index (χ2n) is 14.0. The van der Waals surface area contributed by atoms with Crippen LogP contribution in [0.2, 0.25) is 0 Å². The summed E-state index contributed by atoms with van der Waals surface area (Å²) >= 11 is 0. The number of hydrogen-bond donors (Lipinski definition) is 0. The van der Waals surface area contributed by atoms with Crippen LogP contribution in [0.1, 0.15) is 0 Å². The molecule has 0 aliphatic carbocycles. The van der Waals surface area contributed by atoms with E-state index >= 15 is 0 Å². The molecule has 0 spiro atoms. The van der Waals surface area contributed by atoms with Gasteiger partial charge in [-0.1, -0.05) is 194 Å². The molecule has 0 unspecified atom stereocenters. The summed E-state index contributed by atoms with van der Waals surface area (Å²) in [5.41, 5.74) is 12.3. The van der Waals surface area contributed by atoms with Crippen LogP contribution in [0.4, 0.5) is 0 Å². The molecule has 56 heavy (non-hydrogen) atoms. The predicted octanol–water partition coefficient (Wildman–Crippen LogP) is 13.8. The highest BCUT2D eigenvalue weighted by atomic mass is 15.0. The van der Waals surface area contributed by atoms with Gasteiger partial charge in [-0.15, -0.1) is 0 Å². The maximum absolute atomic E-state index is 5.21. The fourth-order valence-corrected chi connectivity index (χ4v) is 7.71. The molecule has 262 valence electrons. The maximum atomic E-state index is 5.21. The van der Waals surface area contributed by atoms with E-state index in [1.54, 1.807) is 0 Å². The molecule has 0 fully saturated rings. The van der Waals surface area contributed by atoms with Gasteiger partial charge < -0.3 is 0 Å². The molecule has 0 radical (unpaired) electrons. The number of fused-ring (bicyclic) bond motifs is 2. The Bertz CT molecular complexity index is 2990. The van der Waals surface area contributed by atoms with Crippen LogP contribution in [0.25, 0.3) is 100 Å². The Hall–Kier alpha value is -7.49. The summed E-state index contributed by atoms with van der Waals surface area (Å²) in [7, 11) is 0. The summed E-state index contributed by atoms with van der Waals surface area (Å²) in [5, 5.41) is 4.65. The molecule has 1 heterocycles. The number of rotatable bonds is 7. The van der Waals surface area contributed by atoms with E-state index < -0.39 is 0 Å². The number of benzene rings is 9. The number of aromatic nitrogens is 3. The van der Waals surface area contributed by atoms with Gasteiger partial charge in [-0.05, 0) is 84.3 Å². The Morgan fingerprint density at radius 3 is 1.29 bits per heavy atom. The van der Waals surface area contributed by atoms with Crippen molar-refractivity contribution in [2.45, 2.75) is 0 Å². The minimum Gasteiger partial charge on any atom is -0.208 e. The summed E-state index contributed by atoms with van der Waals surface area (Å²) in [5.74, 6) is 1.92. The van der Waals surface area contributed by atoms with E-state index in [1.807, 2.05) is 30.3 Å². The summed E-state index contributed by atoms with van der Waals surface area (Å²) in [4.78, 5) is 15.4. The standard InChI is InChI=1S/C53H35N3/c1-4-14-36(15-5-1)37-24-26-38(27-25-37)41-28-29-43-35-44(31-30-42(43)34-41)46-32-33-50(48-22-12-11-21-47(46)48)53-55-51(40-18-8-3-9-19-40)54-52(56-53)49-23-13-10-20-45(49)39-16-6-2-7-17-39/h1-35H. The highest BCUT2D eigenvalue weighted by Crippen LogP contribution is 2.38. The van der Waals surface area contributed by atoms with E-state index in [0.717, 1.165) is 38.6 Å². The van der Waals surface area contributed by atoms with Crippen molar-refractivity contribution in [1.29, 1.82) is 0 Å². The highest BCUT2D eigenvalue weighted by Gasteiger charge is 2.18. The molecule has 0 bridgehead atoms. The lowest BCUT2D eigenvalue weighted by Gasteiger charge is -2.15. The Labute approximate surface area is 326 Å². The third kappa shape index (κ3) is 6.31. The smallest absolute Gasteiger partial charge is 0.164 e. The maximum Gasteiger partial charge on any atom is 0.164 e. The zero-order chi connectivity index (χ0) is 37.3. The first kappa shape index (κ1) is 33.1. The molecule has 0 N–H and O–H groups in total. The molecule has 0 saturated heterocycles. The average molecular weight is 714 g/mol. The van der Waals surface area contributed by atoms with Gasteiger partial charge in [0.15, 0.2) is 17.5 Å². The second-order valence-corrected chi connectivity index (χ2v) is 14.0.